The van der Waals surface area contributed by atoms with Gasteiger partial charge in [0.1, 0.15) is 5.69 Å². The van der Waals surface area contributed by atoms with Gasteiger partial charge in [-0.05, 0) is 0 Å². The summed E-state index contributed by atoms with van der Waals surface area (Å²) >= 11 is 1.39. The lowest BCUT2D eigenvalue weighted by molar-refractivity contribution is 0.593. The number of halogens is 1. The van der Waals surface area contributed by atoms with Crippen LogP contribution in [0.15, 0.2) is 16.0 Å². The molecular weight excluding hydrogens is 260 g/mol. The number of thiazole rings is 1. The summed E-state index contributed by atoms with van der Waals surface area (Å²) in [5.74, 6) is 0.371. The molecule has 0 aliphatic carbocycles. The maximum atomic E-state index is 11.1. The third kappa shape index (κ3) is 1.87. The summed E-state index contributed by atoms with van der Waals surface area (Å²) < 4.78 is 23.4. The second-order valence-electron chi connectivity index (χ2n) is 2.68. The Morgan fingerprint density at radius 3 is 2.67 bits per heavy atom. The van der Waals surface area contributed by atoms with Gasteiger partial charge in [0, 0.05) is 23.1 Å². The van der Waals surface area contributed by atoms with Crippen molar-refractivity contribution in [2.45, 2.75) is 5.16 Å². The van der Waals surface area contributed by atoms with Crippen LogP contribution < -0.4 is 0 Å². The Morgan fingerprint density at radius 1 is 1.47 bits per heavy atom. The summed E-state index contributed by atoms with van der Waals surface area (Å²) in [5, 5.41) is 8.68. The Labute approximate surface area is 94.0 Å². The van der Waals surface area contributed by atoms with Gasteiger partial charge in [-0.3, -0.25) is 4.57 Å². The molecule has 0 radical (unpaired) electrons. The highest BCUT2D eigenvalue weighted by atomic mass is 35.7. The number of nitrogens with zero attached hydrogens (tertiary/aromatic N) is 4. The third-order valence-electron chi connectivity index (χ3n) is 1.71. The van der Waals surface area contributed by atoms with E-state index in [4.69, 9.17) is 10.7 Å². The van der Waals surface area contributed by atoms with Crippen LogP contribution in [0.4, 0.5) is 0 Å². The van der Waals surface area contributed by atoms with Crippen molar-refractivity contribution in [2.24, 2.45) is 7.05 Å². The van der Waals surface area contributed by atoms with Crippen molar-refractivity contribution in [1.29, 1.82) is 0 Å². The minimum absolute atomic E-state index is 0.285. The molecule has 0 N–H and O–H groups in total. The largest absolute Gasteiger partial charge is 0.299 e. The number of aromatic nitrogens is 4. The van der Waals surface area contributed by atoms with E-state index in [0.29, 0.717) is 11.5 Å². The molecule has 6 nitrogen and oxygen atoms in total. The summed E-state index contributed by atoms with van der Waals surface area (Å²) in [4.78, 5) is 4.00. The molecule has 0 bridgehead atoms. The first kappa shape index (κ1) is 10.5. The van der Waals surface area contributed by atoms with Crippen LogP contribution in [0, 0.1) is 0 Å². The van der Waals surface area contributed by atoms with Crippen LogP contribution in [0.5, 0.6) is 0 Å². The van der Waals surface area contributed by atoms with E-state index in [2.05, 4.69) is 15.2 Å². The van der Waals surface area contributed by atoms with Gasteiger partial charge in [-0.1, -0.05) is 0 Å². The van der Waals surface area contributed by atoms with Crippen LogP contribution in [0.1, 0.15) is 0 Å². The Bertz CT molecular complexity index is 574. The minimum Gasteiger partial charge on any atom is -0.299 e. The van der Waals surface area contributed by atoms with Crippen molar-refractivity contribution < 1.29 is 8.42 Å². The molecule has 0 aromatic carbocycles. The molecule has 0 aliphatic rings. The lowest BCUT2D eigenvalue weighted by atomic mass is 10.5. The average molecular weight is 265 g/mol. The summed E-state index contributed by atoms with van der Waals surface area (Å²) in [7, 11) is 2.82. The smallest absolute Gasteiger partial charge is 0.296 e. The molecule has 80 valence electrons. The van der Waals surface area contributed by atoms with Gasteiger partial charge in [0.25, 0.3) is 14.2 Å². The third-order valence-corrected chi connectivity index (χ3v) is 3.51. The molecule has 0 fully saturated rings. The van der Waals surface area contributed by atoms with Gasteiger partial charge < -0.3 is 0 Å². The summed E-state index contributed by atoms with van der Waals surface area (Å²) in [6.07, 6.45) is 0. The van der Waals surface area contributed by atoms with Gasteiger partial charge in [-0.2, -0.15) is 0 Å². The standard InChI is InChI=1S/C6H5ClN4O2S2/c1-11-5(4-2-14-3-8-4)9-10-6(11)15(7,12)13/h2-3H,1H3. The van der Waals surface area contributed by atoms with Gasteiger partial charge >= 0.3 is 0 Å². The van der Waals surface area contributed by atoms with Gasteiger partial charge in [0.2, 0.25) is 0 Å². The summed E-state index contributed by atoms with van der Waals surface area (Å²) in [6, 6.07) is 0. The fourth-order valence-corrected chi connectivity index (χ4v) is 2.56. The first-order chi connectivity index (χ1) is 7.00. The molecule has 2 aromatic rings. The van der Waals surface area contributed by atoms with E-state index in [1.165, 1.54) is 23.0 Å². The first-order valence-electron chi connectivity index (χ1n) is 3.73. The van der Waals surface area contributed by atoms with Crippen molar-refractivity contribution in [3.8, 4) is 11.5 Å². The van der Waals surface area contributed by atoms with Gasteiger partial charge in [-0.15, -0.1) is 21.5 Å². The fourth-order valence-electron chi connectivity index (χ4n) is 1.07. The van der Waals surface area contributed by atoms with Gasteiger partial charge in [-0.25, -0.2) is 13.4 Å². The molecule has 2 heterocycles. The summed E-state index contributed by atoms with van der Waals surface area (Å²) in [5.41, 5.74) is 2.19. The van der Waals surface area contributed by atoms with Gasteiger partial charge in [0.15, 0.2) is 5.82 Å². The highest BCUT2D eigenvalue weighted by Crippen LogP contribution is 2.20. The van der Waals surface area contributed by atoms with Crippen molar-refractivity contribution in [2.75, 3.05) is 0 Å². The Balaban J connectivity index is 2.60. The van der Waals surface area contributed by atoms with E-state index in [9.17, 15) is 8.42 Å². The van der Waals surface area contributed by atoms with Crippen molar-refractivity contribution in [3.63, 3.8) is 0 Å². The predicted octanol–water partition coefficient (Wildman–Crippen LogP) is 0.866. The van der Waals surface area contributed by atoms with Gasteiger partial charge in [0.05, 0.1) is 5.51 Å². The molecule has 2 rings (SSSR count). The van der Waals surface area contributed by atoms with Crippen LogP contribution in [0.25, 0.3) is 11.5 Å². The Morgan fingerprint density at radius 2 is 2.20 bits per heavy atom. The van der Waals surface area contributed by atoms with Crippen LogP contribution in [-0.4, -0.2) is 28.2 Å². The highest BCUT2D eigenvalue weighted by Gasteiger charge is 2.21. The zero-order valence-electron chi connectivity index (χ0n) is 7.45. The molecule has 0 unspecified atom stereocenters. The maximum Gasteiger partial charge on any atom is 0.296 e. The molecule has 0 spiro atoms. The second-order valence-corrected chi connectivity index (χ2v) is 5.86. The number of rotatable bonds is 2. The minimum atomic E-state index is -3.87. The first-order valence-corrected chi connectivity index (χ1v) is 6.98. The van der Waals surface area contributed by atoms with E-state index in [0.717, 1.165) is 0 Å². The molecule has 0 aliphatic heterocycles. The van der Waals surface area contributed by atoms with E-state index in [1.807, 2.05) is 0 Å². The van der Waals surface area contributed by atoms with Crippen LogP contribution >= 0.6 is 22.0 Å². The van der Waals surface area contributed by atoms with E-state index in [1.54, 1.807) is 10.9 Å². The van der Waals surface area contributed by atoms with E-state index < -0.39 is 9.05 Å². The van der Waals surface area contributed by atoms with E-state index in [-0.39, 0.29) is 5.16 Å². The quantitative estimate of drug-likeness (QED) is 0.752. The lowest BCUT2D eigenvalue weighted by Crippen LogP contribution is -2.02. The molecule has 9 heteroatoms. The maximum absolute atomic E-state index is 11.1. The van der Waals surface area contributed by atoms with Crippen molar-refractivity contribution >= 4 is 31.1 Å². The molecule has 0 amide bonds. The number of hydrogen-bond donors (Lipinski definition) is 0. The molecular formula is C6H5ClN4O2S2. The SMILES string of the molecule is Cn1c(-c2cscn2)nnc1S(=O)(=O)Cl. The van der Waals surface area contributed by atoms with Crippen LogP contribution in [0.3, 0.4) is 0 Å². The van der Waals surface area contributed by atoms with E-state index >= 15 is 0 Å². The Hall–Kier alpha value is -0.990. The highest BCUT2D eigenvalue weighted by molar-refractivity contribution is 8.13. The normalized spacial score (nSPS) is 11.9. The lowest BCUT2D eigenvalue weighted by Gasteiger charge is -1.97. The zero-order chi connectivity index (χ0) is 11.1. The Kier molecular flexibility index (Phi) is 2.49. The number of hydrogen-bond acceptors (Lipinski definition) is 6. The molecule has 0 atom stereocenters. The monoisotopic (exact) mass is 264 g/mol. The zero-order valence-corrected chi connectivity index (χ0v) is 9.84. The topological polar surface area (TPSA) is 77.7 Å². The van der Waals surface area contributed by atoms with Crippen LogP contribution in [0.2, 0.25) is 0 Å². The summed E-state index contributed by atoms with van der Waals surface area (Å²) in [6.45, 7) is 0. The fraction of sp³-hybridized carbons (Fsp3) is 0.167. The predicted molar refractivity (Wildman–Crippen MR) is 55.1 cm³/mol. The van der Waals surface area contributed by atoms with Crippen molar-refractivity contribution in [1.82, 2.24) is 19.7 Å². The molecule has 0 saturated heterocycles. The molecule has 2 aromatic heterocycles. The second kappa shape index (κ2) is 3.54. The van der Waals surface area contributed by atoms with Crippen molar-refractivity contribution in [3.05, 3.63) is 10.9 Å². The molecule has 0 saturated carbocycles. The van der Waals surface area contributed by atoms with Crippen LogP contribution in [-0.2, 0) is 16.1 Å². The average Bonchev–Trinajstić information content (AvgIpc) is 2.69. The molecule has 15 heavy (non-hydrogen) atoms.